The van der Waals surface area contributed by atoms with Crippen LogP contribution in [-0.4, -0.2) is 59.7 Å². The van der Waals surface area contributed by atoms with Gasteiger partial charge in [0, 0.05) is 54.2 Å². The van der Waals surface area contributed by atoms with Gasteiger partial charge in [-0.2, -0.15) is 5.10 Å². The third kappa shape index (κ3) is 4.95. The zero-order valence-corrected chi connectivity index (χ0v) is 21.3. The first-order chi connectivity index (χ1) is 18.2. The molecule has 1 amide bonds. The number of benzene rings is 2. The van der Waals surface area contributed by atoms with E-state index >= 15 is 0 Å². The summed E-state index contributed by atoms with van der Waals surface area (Å²) in [4.78, 5) is 20.4. The molecular formula is C27H27N5O4S. The van der Waals surface area contributed by atoms with Crippen LogP contribution in [0.3, 0.4) is 0 Å². The van der Waals surface area contributed by atoms with Crippen molar-refractivity contribution in [3.05, 3.63) is 64.8 Å². The third-order valence-corrected chi connectivity index (χ3v) is 7.47. The van der Waals surface area contributed by atoms with Crippen LogP contribution in [0.25, 0.3) is 21.5 Å². The Morgan fingerprint density at radius 1 is 1.16 bits per heavy atom. The first-order valence-corrected chi connectivity index (χ1v) is 13.2. The zero-order chi connectivity index (χ0) is 25.2. The maximum absolute atomic E-state index is 13.1. The summed E-state index contributed by atoms with van der Waals surface area (Å²) in [5.41, 5.74) is 7.11. The molecule has 1 fully saturated rings. The molecule has 0 bridgehead atoms. The highest BCUT2D eigenvalue weighted by molar-refractivity contribution is 7.13. The highest BCUT2D eigenvalue weighted by Crippen LogP contribution is 2.32. The van der Waals surface area contributed by atoms with Crippen LogP contribution in [0.1, 0.15) is 28.5 Å². The normalized spacial score (nSPS) is 15.6. The van der Waals surface area contributed by atoms with Crippen molar-refractivity contribution >= 4 is 34.4 Å². The lowest BCUT2D eigenvalue weighted by atomic mass is 10.1. The van der Waals surface area contributed by atoms with E-state index in [2.05, 4.69) is 50.5 Å². The lowest BCUT2D eigenvalue weighted by Gasteiger charge is -2.25. The van der Waals surface area contributed by atoms with Crippen LogP contribution < -0.4 is 14.9 Å². The van der Waals surface area contributed by atoms with Crippen molar-refractivity contribution in [2.45, 2.75) is 20.0 Å². The zero-order valence-electron chi connectivity index (χ0n) is 20.5. The fourth-order valence-electron chi connectivity index (χ4n) is 4.59. The molecule has 10 heteroatoms. The van der Waals surface area contributed by atoms with E-state index in [1.54, 1.807) is 17.6 Å². The minimum Gasteiger partial charge on any atom is -0.454 e. The molecule has 0 saturated carbocycles. The van der Waals surface area contributed by atoms with E-state index in [1.807, 2.05) is 24.4 Å². The van der Waals surface area contributed by atoms with E-state index in [-0.39, 0.29) is 12.7 Å². The molecule has 0 atom stereocenters. The van der Waals surface area contributed by atoms with Gasteiger partial charge < -0.3 is 18.8 Å². The molecule has 2 aliphatic heterocycles. The molecule has 0 radical (unpaired) electrons. The molecule has 4 heterocycles. The van der Waals surface area contributed by atoms with Crippen LogP contribution in [0.2, 0.25) is 0 Å². The van der Waals surface area contributed by atoms with Gasteiger partial charge in [0.2, 0.25) is 6.79 Å². The molecule has 1 saturated heterocycles. The Hall–Kier alpha value is -3.73. The summed E-state index contributed by atoms with van der Waals surface area (Å²) in [6, 6.07) is 11.7. The fraction of sp³-hybridized carbons (Fsp3) is 0.296. The Morgan fingerprint density at radius 2 is 2.03 bits per heavy atom. The van der Waals surface area contributed by atoms with Gasteiger partial charge in [-0.25, -0.2) is 10.4 Å². The maximum atomic E-state index is 13.1. The number of nitrogens with one attached hydrogen (secondary N) is 1. The molecule has 4 aromatic rings. The summed E-state index contributed by atoms with van der Waals surface area (Å²) in [5.74, 6) is 1.11. The molecular weight excluding hydrogens is 490 g/mol. The number of rotatable bonds is 7. The predicted molar refractivity (Wildman–Crippen MR) is 142 cm³/mol. The molecule has 37 heavy (non-hydrogen) atoms. The first kappa shape index (κ1) is 23.7. The van der Waals surface area contributed by atoms with Crippen molar-refractivity contribution in [2.24, 2.45) is 5.10 Å². The number of thiazole rings is 1. The molecule has 2 aromatic carbocycles. The van der Waals surface area contributed by atoms with Crippen LogP contribution >= 0.6 is 11.3 Å². The third-order valence-electron chi connectivity index (χ3n) is 6.53. The summed E-state index contributed by atoms with van der Waals surface area (Å²) in [6.07, 6.45) is 3.47. The number of ether oxygens (including phenoxy) is 3. The van der Waals surface area contributed by atoms with Crippen LogP contribution in [0.4, 0.5) is 0 Å². The van der Waals surface area contributed by atoms with E-state index < -0.39 is 0 Å². The number of amides is 1. The number of hydrazone groups is 1. The molecule has 0 unspecified atom stereocenters. The Kier molecular flexibility index (Phi) is 6.60. The van der Waals surface area contributed by atoms with Crippen LogP contribution in [0, 0.1) is 0 Å². The number of hydrogen-bond donors (Lipinski definition) is 1. The Balaban J connectivity index is 1.22. The highest BCUT2D eigenvalue weighted by Gasteiger charge is 2.18. The number of carbonyl (C=O) groups excluding carboxylic acids is 1. The molecule has 0 aliphatic carbocycles. The van der Waals surface area contributed by atoms with Gasteiger partial charge in [-0.3, -0.25) is 9.69 Å². The summed E-state index contributed by atoms with van der Waals surface area (Å²) in [6.45, 7) is 7.25. The van der Waals surface area contributed by atoms with Gasteiger partial charge in [0.25, 0.3) is 5.91 Å². The number of carbonyl (C=O) groups is 1. The smallest absolute Gasteiger partial charge is 0.273 e. The molecule has 9 nitrogen and oxygen atoms in total. The fourth-order valence-corrected chi connectivity index (χ4v) is 5.40. The minimum absolute atomic E-state index is 0.215. The first-order valence-electron chi connectivity index (χ1n) is 12.3. The number of hydrogen-bond acceptors (Lipinski definition) is 8. The number of aromatic nitrogens is 2. The van der Waals surface area contributed by atoms with Gasteiger partial charge in [-0.05, 0) is 48.9 Å². The van der Waals surface area contributed by atoms with Gasteiger partial charge in [-0.1, -0.05) is 0 Å². The van der Waals surface area contributed by atoms with Crippen molar-refractivity contribution < 1.29 is 19.0 Å². The van der Waals surface area contributed by atoms with Crippen molar-refractivity contribution in [2.75, 3.05) is 33.1 Å². The summed E-state index contributed by atoms with van der Waals surface area (Å²) in [5, 5.41) is 8.11. The summed E-state index contributed by atoms with van der Waals surface area (Å²) < 4.78 is 18.3. The van der Waals surface area contributed by atoms with Gasteiger partial charge >= 0.3 is 0 Å². The van der Waals surface area contributed by atoms with Crippen LogP contribution in [0.15, 0.2) is 53.1 Å². The van der Waals surface area contributed by atoms with Crippen molar-refractivity contribution in [1.29, 1.82) is 0 Å². The van der Waals surface area contributed by atoms with E-state index in [0.717, 1.165) is 72.1 Å². The van der Waals surface area contributed by atoms with Crippen LogP contribution in [0.5, 0.6) is 11.5 Å². The van der Waals surface area contributed by atoms with E-state index in [1.165, 1.54) is 0 Å². The number of fused-ring (bicyclic) bond motifs is 2. The summed E-state index contributed by atoms with van der Waals surface area (Å²) >= 11 is 1.63. The Labute approximate surface area is 218 Å². The van der Waals surface area contributed by atoms with Gasteiger partial charge in [0.15, 0.2) is 11.5 Å². The standard InChI is InChI=1S/C27H27N5O4S/c1-2-32-15-22(26(33)30-28-13-18-3-6-24-25(11-18)36-17-35-24)21-12-19(4-5-23(21)32)27-29-20(16-37-27)14-31-7-9-34-10-8-31/h3-6,11-13,15-16H,2,7-10,14,17H2,1H3,(H,30,33)/b28-13+. The molecule has 2 aromatic heterocycles. The molecule has 2 aliphatic rings. The van der Waals surface area contributed by atoms with Gasteiger partial charge in [0.1, 0.15) is 5.01 Å². The molecule has 190 valence electrons. The predicted octanol–water partition coefficient (Wildman–Crippen LogP) is 4.11. The molecule has 0 spiro atoms. The van der Waals surface area contributed by atoms with E-state index in [9.17, 15) is 4.79 Å². The Bertz CT molecular complexity index is 1470. The average Bonchev–Trinajstić information content (AvgIpc) is 3.67. The average molecular weight is 518 g/mol. The summed E-state index contributed by atoms with van der Waals surface area (Å²) in [7, 11) is 0. The second kappa shape index (κ2) is 10.3. The topological polar surface area (TPSA) is 90.2 Å². The number of nitrogens with zero attached hydrogens (tertiary/aromatic N) is 4. The SMILES string of the molecule is CCn1cc(C(=O)N/N=C/c2ccc3c(c2)OCO3)c2cc(-c3nc(CN4CCOCC4)cs3)ccc21. The highest BCUT2D eigenvalue weighted by atomic mass is 32.1. The maximum Gasteiger partial charge on any atom is 0.273 e. The second-order valence-corrected chi connectivity index (χ2v) is 9.76. The largest absolute Gasteiger partial charge is 0.454 e. The Morgan fingerprint density at radius 3 is 2.89 bits per heavy atom. The van der Waals surface area contributed by atoms with E-state index in [0.29, 0.717) is 17.1 Å². The number of aryl methyl sites for hydroxylation is 1. The van der Waals surface area contributed by atoms with Gasteiger partial charge in [-0.15, -0.1) is 11.3 Å². The second-order valence-electron chi connectivity index (χ2n) is 8.91. The molecule has 1 N–H and O–H groups in total. The van der Waals surface area contributed by atoms with Crippen molar-refractivity contribution in [3.8, 4) is 22.1 Å². The van der Waals surface area contributed by atoms with E-state index in [4.69, 9.17) is 19.2 Å². The lowest BCUT2D eigenvalue weighted by Crippen LogP contribution is -2.35. The van der Waals surface area contributed by atoms with Crippen molar-refractivity contribution in [1.82, 2.24) is 19.9 Å². The van der Waals surface area contributed by atoms with Gasteiger partial charge in [0.05, 0.1) is 30.7 Å². The van der Waals surface area contributed by atoms with Crippen LogP contribution in [-0.2, 0) is 17.8 Å². The quantitative estimate of drug-likeness (QED) is 0.293. The monoisotopic (exact) mass is 517 g/mol. The molecule has 6 rings (SSSR count). The number of morpholine rings is 1. The minimum atomic E-state index is -0.265. The lowest BCUT2D eigenvalue weighted by molar-refractivity contribution is 0.0337. The van der Waals surface area contributed by atoms with Crippen molar-refractivity contribution in [3.63, 3.8) is 0 Å².